The van der Waals surface area contributed by atoms with Crippen LogP contribution in [0.5, 0.6) is 0 Å². The maximum absolute atomic E-state index is 12.7. The number of pyridine rings is 1. The summed E-state index contributed by atoms with van der Waals surface area (Å²) in [5.74, 6) is 0.824. The standard InChI is InChI=1S/C18H20N6O/c1-3-13-15(4-2)22-17-14(10-21-24(17)18(13)25)12-9-20-23(11-12)16-7-5-6-8-19-16/h5-8,10-11,20-21H,3-4,9H2,1-2H3. The third-order valence-corrected chi connectivity index (χ3v) is 4.50. The second kappa shape index (κ2) is 6.18. The first-order valence-corrected chi connectivity index (χ1v) is 8.49. The molecule has 7 heteroatoms. The molecule has 25 heavy (non-hydrogen) atoms. The summed E-state index contributed by atoms with van der Waals surface area (Å²) >= 11 is 0. The molecule has 4 heterocycles. The fourth-order valence-electron chi connectivity index (χ4n) is 3.20. The summed E-state index contributed by atoms with van der Waals surface area (Å²) in [5, 5.41) is 4.94. The Kier molecular flexibility index (Phi) is 3.85. The number of aryl methyl sites for hydroxylation is 1. The Morgan fingerprint density at radius 2 is 2.12 bits per heavy atom. The van der Waals surface area contributed by atoms with Gasteiger partial charge in [-0.2, -0.15) is 0 Å². The van der Waals surface area contributed by atoms with E-state index in [1.807, 2.05) is 49.5 Å². The Labute approximate surface area is 145 Å². The summed E-state index contributed by atoms with van der Waals surface area (Å²) in [6, 6.07) is 5.77. The Balaban J connectivity index is 1.80. The Morgan fingerprint density at radius 1 is 1.24 bits per heavy atom. The molecule has 2 N–H and O–H groups in total. The fourth-order valence-corrected chi connectivity index (χ4v) is 3.20. The molecule has 0 unspecified atom stereocenters. The van der Waals surface area contributed by atoms with Gasteiger partial charge in [-0.3, -0.25) is 14.9 Å². The number of hydrogen-bond donors (Lipinski definition) is 2. The highest BCUT2D eigenvalue weighted by molar-refractivity contribution is 5.79. The zero-order chi connectivity index (χ0) is 17.4. The van der Waals surface area contributed by atoms with E-state index in [0.717, 1.165) is 34.6 Å². The number of fused-ring (bicyclic) bond motifs is 1. The summed E-state index contributed by atoms with van der Waals surface area (Å²) < 4.78 is 1.54. The van der Waals surface area contributed by atoms with Gasteiger partial charge in [-0.25, -0.2) is 19.9 Å². The maximum Gasteiger partial charge on any atom is 0.276 e. The van der Waals surface area contributed by atoms with Gasteiger partial charge in [0, 0.05) is 36.3 Å². The molecule has 0 radical (unpaired) electrons. The van der Waals surface area contributed by atoms with Crippen molar-refractivity contribution in [3.8, 4) is 0 Å². The van der Waals surface area contributed by atoms with E-state index in [1.54, 1.807) is 6.20 Å². The number of nitrogens with one attached hydrogen (secondary N) is 2. The highest BCUT2D eigenvalue weighted by Crippen LogP contribution is 2.24. The smallest absolute Gasteiger partial charge is 0.276 e. The number of aromatic amines is 1. The molecule has 4 rings (SSSR count). The predicted octanol–water partition coefficient (Wildman–Crippen LogP) is 1.91. The second-order valence-corrected chi connectivity index (χ2v) is 5.94. The molecule has 0 aromatic carbocycles. The van der Waals surface area contributed by atoms with Gasteiger partial charge in [0.1, 0.15) is 5.82 Å². The molecule has 7 nitrogen and oxygen atoms in total. The van der Waals surface area contributed by atoms with Crippen molar-refractivity contribution in [2.45, 2.75) is 26.7 Å². The van der Waals surface area contributed by atoms with E-state index >= 15 is 0 Å². The normalized spacial score (nSPS) is 14.3. The molecule has 0 fully saturated rings. The molecule has 3 aromatic rings. The van der Waals surface area contributed by atoms with Crippen LogP contribution < -0.4 is 16.0 Å². The van der Waals surface area contributed by atoms with Gasteiger partial charge >= 0.3 is 0 Å². The van der Waals surface area contributed by atoms with Gasteiger partial charge in [-0.15, -0.1) is 0 Å². The molecule has 0 aliphatic carbocycles. The zero-order valence-electron chi connectivity index (χ0n) is 14.3. The minimum atomic E-state index is -0.0104. The molecule has 1 aliphatic heterocycles. The molecule has 128 valence electrons. The van der Waals surface area contributed by atoms with Gasteiger partial charge in [-0.1, -0.05) is 19.9 Å². The van der Waals surface area contributed by atoms with Crippen LogP contribution in [0.25, 0.3) is 11.2 Å². The van der Waals surface area contributed by atoms with Crippen molar-refractivity contribution in [1.82, 2.24) is 25.0 Å². The Hall–Kier alpha value is -2.93. The van der Waals surface area contributed by atoms with Gasteiger partial charge in [0.25, 0.3) is 5.56 Å². The lowest BCUT2D eigenvalue weighted by Gasteiger charge is -2.13. The molecule has 1 aliphatic rings. The molecule has 0 atom stereocenters. The van der Waals surface area contributed by atoms with Crippen molar-refractivity contribution >= 4 is 17.0 Å². The van der Waals surface area contributed by atoms with Crippen LogP contribution in [0.2, 0.25) is 0 Å². The third-order valence-electron chi connectivity index (χ3n) is 4.50. The van der Waals surface area contributed by atoms with Crippen molar-refractivity contribution in [3.05, 3.63) is 64.0 Å². The van der Waals surface area contributed by atoms with Crippen LogP contribution in [0, 0.1) is 0 Å². The van der Waals surface area contributed by atoms with Crippen LogP contribution in [0.15, 0.2) is 41.6 Å². The Bertz CT molecular complexity index is 1000. The van der Waals surface area contributed by atoms with Gasteiger partial charge in [-0.05, 0) is 30.5 Å². The SMILES string of the molecule is CCc1nc2c(C3=CN(c4ccccn4)NC3)c[nH]n2c(=O)c1CC. The number of anilines is 1. The maximum atomic E-state index is 12.7. The minimum absolute atomic E-state index is 0.0104. The van der Waals surface area contributed by atoms with Crippen molar-refractivity contribution in [2.75, 3.05) is 11.6 Å². The summed E-state index contributed by atoms with van der Waals surface area (Å²) in [6.45, 7) is 4.67. The van der Waals surface area contributed by atoms with Crippen molar-refractivity contribution < 1.29 is 0 Å². The summed E-state index contributed by atoms with van der Waals surface area (Å²) in [7, 11) is 0. The van der Waals surface area contributed by atoms with Crippen molar-refractivity contribution in [3.63, 3.8) is 0 Å². The second-order valence-electron chi connectivity index (χ2n) is 5.94. The molecular formula is C18H20N6O. The van der Waals surface area contributed by atoms with Crippen molar-refractivity contribution in [2.24, 2.45) is 0 Å². The summed E-state index contributed by atoms with van der Waals surface area (Å²) in [6.07, 6.45) is 7.03. The quantitative estimate of drug-likeness (QED) is 0.761. The van der Waals surface area contributed by atoms with Crippen LogP contribution in [-0.2, 0) is 12.8 Å². The first-order valence-electron chi connectivity index (χ1n) is 8.49. The molecule has 0 spiro atoms. The Morgan fingerprint density at radius 3 is 2.84 bits per heavy atom. The number of H-pyrrole nitrogens is 1. The van der Waals surface area contributed by atoms with E-state index in [9.17, 15) is 4.79 Å². The first kappa shape index (κ1) is 15.6. The van der Waals surface area contributed by atoms with Gasteiger partial charge < -0.3 is 0 Å². The predicted molar refractivity (Wildman–Crippen MR) is 97.3 cm³/mol. The fraction of sp³-hybridized carbons (Fsp3) is 0.278. The molecular weight excluding hydrogens is 316 g/mol. The topological polar surface area (TPSA) is 78.3 Å². The minimum Gasteiger partial charge on any atom is -0.296 e. The van der Waals surface area contributed by atoms with Crippen molar-refractivity contribution in [1.29, 1.82) is 0 Å². The molecule has 0 bridgehead atoms. The molecule has 0 saturated heterocycles. The van der Waals surface area contributed by atoms with E-state index in [4.69, 9.17) is 4.98 Å². The van der Waals surface area contributed by atoms with Crippen LogP contribution in [0.1, 0.15) is 30.7 Å². The average Bonchev–Trinajstić information content (AvgIpc) is 3.29. The van der Waals surface area contributed by atoms with E-state index in [0.29, 0.717) is 18.6 Å². The number of rotatable bonds is 4. The molecule has 0 saturated carbocycles. The summed E-state index contributed by atoms with van der Waals surface area (Å²) in [4.78, 5) is 21.8. The first-order chi connectivity index (χ1) is 12.2. The van der Waals surface area contributed by atoms with E-state index in [1.165, 1.54) is 4.52 Å². The number of hydrogen-bond acceptors (Lipinski definition) is 5. The lowest BCUT2D eigenvalue weighted by Crippen LogP contribution is -2.28. The van der Waals surface area contributed by atoms with E-state index in [2.05, 4.69) is 15.5 Å². The van der Waals surface area contributed by atoms with Gasteiger partial charge in [0.05, 0.1) is 5.69 Å². The van der Waals surface area contributed by atoms with E-state index in [-0.39, 0.29) is 5.56 Å². The largest absolute Gasteiger partial charge is 0.296 e. The monoisotopic (exact) mass is 336 g/mol. The number of hydrazine groups is 1. The van der Waals surface area contributed by atoms with Crippen LogP contribution in [0.4, 0.5) is 5.82 Å². The zero-order valence-corrected chi connectivity index (χ0v) is 14.3. The molecule has 3 aromatic heterocycles. The lowest BCUT2D eigenvalue weighted by molar-refractivity contribution is 0.803. The summed E-state index contributed by atoms with van der Waals surface area (Å²) in [5.41, 5.74) is 7.60. The highest BCUT2D eigenvalue weighted by atomic mass is 16.1. The van der Waals surface area contributed by atoms with Crippen LogP contribution in [0.3, 0.4) is 0 Å². The lowest BCUT2D eigenvalue weighted by atomic mass is 10.1. The van der Waals surface area contributed by atoms with Crippen LogP contribution in [-0.4, -0.2) is 26.1 Å². The third kappa shape index (κ3) is 2.53. The van der Waals surface area contributed by atoms with E-state index < -0.39 is 0 Å². The van der Waals surface area contributed by atoms with Gasteiger partial charge in [0.15, 0.2) is 5.65 Å². The van der Waals surface area contributed by atoms with Crippen LogP contribution >= 0.6 is 0 Å². The molecule has 0 amide bonds. The highest BCUT2D eigenvalue weighted by Gasteiger charge is 2.21. The number of nitrogens with zero attached hydrogens (tertiary/aromatic N) is 4. The number of aromatic nitrogens is 4. The average molecular weight is 336 g/mol. The van der Waals surface area contributed by atoms with Gasteiger partial charge in [0.2, 0.25) is 0 Å².